The summed E-state index contributed by atoms with van der Waals surface area (Å²) in [6.07, 6.45) is 0. The SMILES string of the molecule is O=[N+]([O-])c1ccccc1S(=O)(=O)NCC(O)(c1ccsc1)c1cccs1. The van der Waals surface area contributed by atoms with Crippen LogP contribution in [0.2, 0.25) is 0 Å². The molecule has 1 aromatic carbocycles. The highest BCUT2D eigenvalue weighted by Crippen LogP contribution is 2.34. The van der Waals surface area contributed by atoms with E-state index in [0.29, 0.717) is 10.4 Å². The molecule has 3 aromatic rings. The van der Waals surface area contributed by atoms with E-state index in [2.05, 4.69) is 4.72 Å². The average Bonchev–Trinajstić information content (AvgIpc) is 3.33. The molecule has 0 aliphatic carbocycles. The highest BCUT2D eigenvalue weighted by Gasteiger charge is 2.36. The molecule has 0 spiro atoms. The lowest BCUT2D eigenvalue weighted by Crippen LogP contribution is -2.41. The van der Waals surface area contributed by atoms with Gasteiger partial charge < -0.3 is 5.11 Å². The van der Waals surface area contributed by atoms with E-state index >= 15 is 0 Å². The monoisotopic (exact) mass is 410 g/mol. The van der Waals surface area contributed by atoms with Crippen LogP contribution >= 0.6 is 22.7 Å². The number of nitrogens with zero attached hydrogens (tertiary/aromatic N) is 1. The zero-order valence-electron chi connectivity index (χ0n) is 13.2. The molecule has 1 atom stereocenters. The predicted octanol–water partition coefficient (Wildman–Crippen LogP) is 2.93. The summed E-state index contributed by atoms with van der Waals surface area (Å²) in [5, 5.41) is 27.6. The van der Waals surface area contributed by atoms with Gasteiger partial charge in [0.25, 0.3) is 5.69 Å². The van der Waals surface area contributed by atoms with Gasteiger partial charge in [0.2, 0.25) is 10.0 Å². The largest absolute Gasteiger partial charge is 0.378 e. The van der Waals surface area contributed by atoms with Gasteiger partial charge in [-0.1, -0.05) is 18.2 Å². The summed E-state index contributed by atoms with van der Waals surface area (Å²) in [5.41, 5.74) is -1.53. The summed E-state index contributed by atoms with van der Waals surface area (Å²) >= 11 is 2.67. The van der Waals surface area contributed by atoms with E-state index in [1.807, 2.05) is 0 Å². The number of nitrogens with one attached hydrogen (secondary N) is 1. The van der Waals surface area contributed by atoms with Gasteiger partial charge in [0, 0.05) is 23.1 Å². The zero-order valence-corrected chi connectivity index (χ0v) is 15.7. The van der Waals surface area contributed by atoms with E-state index in [-0.39, 0.29) is 6.54 Å². The van der Waals surface area contributed by atoms with Crippen molar-refractivity contribution in [2.45, 2.75) is 10.5 Å². The van der Waals surface area contributed by atoms with Crippen molar-refractivity contribution in [1.29, 1.82) is 0 Å². The molecular weight excluding hydrogens is 396 g/mol. The molecule has 0 aliphatic rings. The maximum absolute atomic E-state index is 12.6. The number of hydrogen-bond acceptors (Lipinski definition) is 7. The van der Waals surface area contributed by atoms with Crippen molar-refractivity contribution in [2.75, 3.05) is 6.54 Å². The van der Waals surface area contributed by atoms with E-state index < -0.39 is 31.1 Å². The lowest BCUT2D eigenvalue weighted by Gasteiger charge is -2.26. The van der Waals surface area contributed by atoms with Crippen LogP contribution in [0.4, 0.5) is 5.69 Å². The fraction of sp³-hybridized carbons (Fsp3) is 0.125. The van der Waals surface area contributed by atoms with Gasteiger partial charge in [-0.2, -0.15) is 11.3 Å². The van der Waals surface area contributed by atoms with Gasteiger partial charge in [0.05, 0.1) is 4.92 Å². The Morgan fingerprint density at radius 1 is 1.15 bits per heavy atom. The summed E-state index contributed by atoms with van der Waals surface area (Å²) in [6, 6.07) is 10.3. The summed E-state index contributed by atoms with van der Waals surface area (Å²) in [4.78, 5) is 10.5. The third kappa shape index (κ3) is 3.55. The molecule has 0 amide bonds. The number of nitro groups is 1. The lowest BCUT2D eigenvalue weighted by atomic mass is 9.95. The molecule has 2 N–H and O–H groups in total. The molecular formula is C16H14N2O5S3. The Morgan fingerprint density at radius 3 is 2.54 bits per heavy atom. The van der Waals surface area contributed by atoms with Crippen LogP contribution in [0.5, 0.6) is 0 Å². The highest BCUT2D eigenvalue weighted by atomic mass is 32.2. The first-order valence-corrected chi connectivity index (χ1v) is 10.7. The molecule has 0 saturated carbocycles. The number of nitro benzene ring substituents is 1. The summed E-state index contributed by atoms with van der Waals surface area (Å²) < 4.78 is 27.6. The van der Waals surface area contributed by atoms with E-state index in [1.54, 1.807) is 34.3 Å². The number of benzene rings is 1. The van der Waals surface area contributed by atoms with Crippen LogP contribution in [0.15, 0.2) is 63.5 Å². The number of sulfonamides is 1. The molecule has 10 heteroatoms. The van der Waals surface area contributed by atoms with Gasteiger partial charge in [0.15, 0.2) is 4.90 Å². The first-order chi connectivity index (χ1) is 12.3. The van der Waals surface area contributed by atoms with E-state index in [9.17, 15) is 23.6 Å². The van der Waals surface area contributed by atoms with Crippen molar-refractivity contribution in [3.8, 4) is 0 Å². The molecule has 2 aromatic heterocycles. The van der Waals surface area contributed by atoms with Gasteiger partial charge >= 0.3 is 0 Å². The fourth-order valence-electron chi connectivity index (χ4n) is 2.46. The maximum atomic E-state index is 12.6. The van der Waals surface area contributed by atoms with Crippen LogP contribution < -0.4 is 4.72 Å². The molecule has 1 unspecified atom stereocenters. The Kier molecular flexibility index (Phi) is 5.21. The number of para-hydroxylation sites is 1. The van der Waals surface area contributed by atoms with Crippen LogP contribution in [0.25, 0.3) is 0 Å². The summed E-state index contributed by atoms with van der Waals surface area (Å²) in [7, 11) is -4.19. The van der Waals surface area contributed by atoms with Gasteiger partial charge in [0.1, 0.15) is 5.60 Å². The van der Waals surface area contributed by atoms with Gasteiger partial charge in [-0.15, -0.1) is 11.3 Å². The second kappa shape index (κ2) is 7.25. The Labute approximate surface area is 157 Å². The molecule has 3 rings (SSSR count). The minimum atomic E-state index is -4.19. The van der Waals surface area contributed by atoms with Gasteiger partial charge in [-0.05, 0) is 34.3 Å². The van der Waals surface area contributed by atoms with Crippen LogP contribution in [0.3, 0.4) is 0 Å². The summed E-state index contributed by atoms with van der Waals surface area (Å²) in [6.45, 7) is -0.349. The molecule has 7 nitrogen and oxygen atoms in total. The fourth-order valence-corrected chi connectivity index (χ4v) is 5.26. The molecule has 2 heterocycles. The Hall–Kier alpha value is -2.11. The topological polar surface area (TPSA) is 110 Å². The quantitative estimate of drug-likeness (QED) is 0.460. The van der Waals surface area contributed by atoms with E-state index in [1.165, 1.54) is 34.8 Å². The average molecular weight is 410 g/mol. The highest BCUT2D eigenvalue weighted by molar-refractivity contribution is 7.89. The standard InChI is InChI=1S/C16H14N2O5S3/c19-16(12-7-9-24-10-12,15-6-3-8-25-15)11-17-26(22,23)14-5-2-1-4-13(14)18(20)21/h1-10,17,19H,11H2. The van der Waals surface area contributed by atoms with E-state index in [0.717, 1.165) is 12.1 Å². The third-order valence-electron chi connectivity index (χ3n) is 3.80. The number of aliphatic hydroxyl groups is 1. The summed E-state index contributed by atoms with van der Waals surface area (Å²) in [5.74, 6) is 0. The van der Waals surface area contributed by atoms with Crippen LogP contribution in [-0.4, -0.2) is 25.0 Å². The second-order valence-corrected chi connectivity index (χ2v) is 8.86. The van der Waals surface area contributed by atoms with Crippen molar-refractivity contribution in [2.24, 2.45) is 0 Å². The molecule has 0 fully saturated rings. The first kappa shape index (κ1) is 18.7. The number of rotatable bonds is 7. The molecule has 0 aliphatic heterocycles. The van der Waals surface area contributed by atoms with Crippen molar-refractivity contribution in [3.63, 3.8) is 0 Å². The predicted molar refractivity (Wildman–Crippen MR) is 99.9 cm³/mol. The van der Waals surface area contributed by atoms with Crippen molar-refractivity contribution in [3.05, 3.63) is 79.2 Å². The van der Waals surface area contributed by atoms with E-state index in [4.69, 9.17) is 0 Å². The molecule has 136 valence electrons. The minimum absolute atomic E-state index is 0.349. The molecule has 0 radical (unpaired) electrons. The molecule has 0 bridgehead atoms. The molecule has 26 heavy (non-hydrogen) atoms. The smallest absolute Gasteiger partial charge is 0.289 e. The Balaban J connectivity index is 1.94. The van der Waals surface area contributed by atoms with Crippen molar-refractivity contribution < 1.29 is 18.4 Å². The molecule has 0 saturated heterocycles. The third-order valence-corrected chi connectivity index (χ3v) is 6.95. The van der Waals surface area contributed by atoms with Gasteiger partial charge in [-0.25, -0.2) is 13.1 Å². The second-order valence-electron chi connectivity index (χ2n) is 5.40. The van der Waals surface area contributed by atoms with Crippen LogP contribution in [0.1, 0.15) is 10.4 Å². The number of thiophene rings is 2. The minimum Gasteiger partial charge on any atom is -0.378 e. The Morgan fingerprint density at radius 2 is 1.92 bits per heavy atom. The Bertz CT molecular complexity index is 964. The maximum Gasteiger partial charge on any atom is 0.289 e. The first-order valence-electron chi connectivity index (χ1n) is 7.37. The zero-order chi connectivity index (χ0) is 18.8. The van der Waals surface area contributed by atoms with Crippen molar-refractivity contribution >= 4 is 38.4 Å². The van der Waals surface area contributed by atoms with Crippen LogP contribution in [0, 0.1) is 10.1 Å². The number of hydrogen-bond donors (Lipinski definition) is 2. The lowest BCUT2D eigenvalue weighted by molar-refractivity contribution is -0.387. The van der Waals surface area contributed by atoms with Crippen molar-refractivity contribution in [1.82, 2.24) is 4.72 Å². The van der Waals surface area contributed by atoms with Crippen LogP contribution in [-0.2, 0) is 15.6 Å². The van der Waals surface area contributed by atoms with Gasteiger partial charge in [-0.3, -0.25) is 10.1 Å². The normalized spacial score (nSPS) is 14.0.